The van der Waals surface area contributed by atoms with Gasteiger partial charge in [-0.3, -0.25) is 4.99 Å². The molecule has 1 aliphatic carbocycles. The molecular weight excluding hydrogens is 262 g/mol. The maximum Gasteiger partial charge on any atom is 0.0668 e. The highest BCUT2D eigenvalue weighted by Gasteiger charge is 2.13. The van der Waals surface area contributed by atoms with Crippen LogP contribution < -0.4 is 0 Å². The summed E-state index contributed by atoms with van der Waals surface area (Å²) in [6.07, 6.45) is 17.4. The topological polar surface area (TPSA) is 12.4 Å². The number of unbranched alkanes of at least 4 members (excludes halogenated alkanes) is 3. The molecule has 0 aromatic carbocycles. The number of rotatable bonds is 6. The van der Waals surface area contributed by atoms with Gasteiger partial charge in [0.05, 0.1) is 5.70 Å². The Bertz CT molecular complexity index is 350. The van der Waals surface area contributed by atoms with Crippen LogP contribution in [0.2, 0.25) is 0 Å². The molecule has 0 N–H and O–H groups in total. The van der Waals surface area contributed by atoms with Gasteiger partial charge >= 0.3 is 0 Å². The van der Waals surface area contributed by atoms with Crippen molar-refractivity contribution in [3.63, 3.8) is 0 Å². The molecule has 0 spiro atoms. The Hall–Kier alpha value is -0.630. The van der Waals surface area contributed by atoms with Gasteiger partial charge in [-0.15, -0.1) is 0 Å². The van der Waals surface area contributed by atoms with Gasteiger partial charge in [-0.2, -0.15) is 0 Å². The van der Waals surface area contributed by atoms with Crippen LogP contribution in [0, 0.1) is 5.92 Å². The molecule has 0 aromatic heterocycles. The van der Waals surface area contributed by atoms with E-state index in [0.717, 1.165) is 5.33 Å². The van der Waals surface area contributed by atoms with E-state index in [0.29, 0.717) is 5.92 Å². The van der Waals surface area contributed by atoms with E-state index in [1.54, 1.807) is 0 Å². The quantitative estimate of drug-likeness (QED) is 0.504. The lowest BCUT2D eigenvalue weighted by atomic mass is 9.93. The molecule has 1 aliphatic heterocycles. The molecule has 0 saturated heterocycles. The largest absolute Gasteiger partial charge is 0.257 e. The molecule has 2 rings (SSSR count). The van der Waals surface area contributed by atoms with Crippen LogP contribution in [0.25, 0.3) is 0 Å². The van der Waals surface area contributed by atoms with Crippen LogP contribution in [0.4, 0.5) is 0 Å². The molecule has 2 aliphatic rings. The first kappa shape index (κ1) is 11.8. The molecule has 86 valence electrons. The standard InChI is InChI=1S/C14H18BrN/c15-9-4-2-1-3-5-12-6-7-13-8-10-16-14(13)11-12/h6-8,10-12H,1-5,9H2. The molecule has 0 aromatic rings. The Kier molecular flexibility index (Phi) is 4.58. The first-order valence-corrected chi connectivity index (χ1v) is 7.23. The SMILES string of the molecule is BrCCCCCCC1C=CC2=CC=NC2=C1. The Morgan fingerprint density at radius 2 is 2.06 bits per heavy atom. The Labute approximate surface area is 106 Å². The predicted octanol–water partition coefficient (Wildman–Crippen LogP) is 4.41. The summed E-state index contributed by atoms with van der Waals surface area (Å²) in [6, 6.07) is 0. The molecule has 0 fully saturated rings. The number of alkyl halides is 1. The van der Waals surface area contributed by atoms with Crippen molar-refractivity contribution in [2.24, 2.45) is 10.9 Å². The molecule has 1 nitrogen and oxygen atoms in total. The van der Waals surface area contributed by atoms with Crippen LogP contribution in [0.15, 0.2) is 40.6 Å². The zero-order valence-corrected chi connectivity index (χ0v) is 11.1. The van der Waals surface area contributed by atoms with Crippen molar-refractivity contribution < 1.29 is 0 Å². The third-order valence-electron chi connectivity index (χ3n) is 3.08. The second-order valence-electron chi connectivity index (χ2n) is 4.37. The number of hydrogen-bond donors (Lipinski definition) is 0. The maximum absolute atomic E-state index is 4.35. The van der Waals surface area contributed by atoms with Crippen LogP contribution in [-0.4, -0.2) is 11.5 Å². The summed E-state index contributed by atoms with van der Waals surface area (Å²) < 4.78 is 0. The number of allylic oxidation sites excluding steroid dienone is 4. The van der Waals surface area contributed by atoms with Crippen molar-refractivity contribution in [2.45, 2.75) is 32.1 Å². The van der Waals surface area contributed by atoms with E-state index >= 15 is 0 Å². The molecule has 1 atom stereocenters. The summed E-state index contributed by atoms with van der Waals surface area (Å²) >= 11 is 3.47. The van der Waals surface area contributed by atoms with Crippen molar-refractivity contribution in [3.05, 3.63) is 35.6 Å². The third kappa shape index (κ3) is 3.18. The van der Waals surface area contributed by atoms with Gasteiger partial charge in [0.1, 0.15) is 0 Å². The van der Waals surface area contributed by atoms with E-state index in [2.05, 4.69) is 45.2 Å². The second kappa shape index (κ2) is 6.19. The molecule has 16 heavy (non-hydrogen) atoms. The summed E-state index contributed by atoms with van der Waals surface area (Å²) in [5, 5.41) is 1.14. The van der Waals surface area contributed by atoms with Gasteiger partial charge in [0.15, 0.2) is 0 Å². The number of halogens is 1. The minimum atomic E-state index is 0.603. The molecule has 0 saturated carbocycles. The average molecular weight is 280 g/mol. The summed E-state index contributed by atoms with van der Waals surface area (Å²) in [7, 11) is 0. The Morgan fingerprint density at radius 3 is 2.94 bits per heavy atom. The Morgan fingerprint density at radius 1 is 1.19 bits per heavy atom. The first-order chi connectivity index (χ1) is 7.90. The molecular formula is C14H18BrN. The van der Waals surface area contributed by atoms with Crippen LogP contribution in [0.1, 0.15) is 32.1 Å². The Balaban J connectivity index is 1.72. The van der Waals surface area contributed by atoms with Gasteiger partial charge in [0.2, 0.25) is 0 Å². The van der Waals surface area contributed by atoms with Crippen molar-refractivity contribution in [1.82, 2.24) is 0 Å². The smallest absolute Gasteiger partial charge is 0.0668 e. The van der Waals surface area contributed by atoms with Crippen LogP contribution in [0.5, 0.6) is 0 Å². The van der Waals surface area contributed by atoms with Crippen molar-refractivity contribution in [3.8, 4) is 0 Å². The summed E-state index contributed by atoms with van der Waals surface area (Å²) in [5.41, 5.74) is 2.45. The fourth-order valence-electron chi connectivity index (χ4n) is 2.13. The van der Waals surface area contributed by atoms with Crippen LogP contribution >= 0.6 is 15.9 Å². The summed E-state index contributed by atoms with van der Waals surface area (Å²) in [5.74, 6) is 0.603. The van der Waals surface area contributed by atoms with Gasteiger partial charge in [-0.05, 0) is 24.8 Å². The fourth-order valence-corrected chi connectivity index (χ4v) is 2.53. The average Bonchev–Trinajstić information content (AvgIpc) is 2.76. The van der Waals surface area contributed by atoms with E-state index in [1.807, 2.05) is 6.21 Å². The monoisotopic (exact) mass is 279 g/mol. The molecule has 0 amide bonds. The maximum atomic E-state index is 4.35. The zero-order chi connectivity index (χ0) is 11.2. The van der Waals surface area contributed by atoms with Crippen LogP contribution in [-0.2, 0) is 0 Å². The lowest BCUT2D eigenvalue weighted by Crippen LogP contribution is -1.99. The molecule has 1 heterocycles. The molecule has 0 radical (unpaired) electrons. The summed E-state index contributed by atoms with van der Waals surface area (Å²) in [4.78, 5) is 4.35. The van der Waals surface area contributed by atoms with Gasteiger partial charge in [-0.25, -0.2) is 0 Å². The van der Waals surface area contributed by atoms with Gasteiger partial charge in [-0.1, -0.05) is 53.4 Å². The number of hydrogen-bond acceptors (Lipinski definition) is 1. The minimum Gasteiger partial charge on any atom is -0.257 e. The first-order valence-electron chi connectivity index (χ1n) is 6.11. The van der Waals surface area contributed by atoms with Crippen LogP contribution in [0.3, 0.4) is 0 Å². The predicted molar refractivity (Wildman–Crippen MR) is 74.2 cm³/mol. The number of fused-ring (bicyclic) bond motifs is 1. The minimum absolute atomic E-state index is 0.603. The second-order valence-corrected chi connectivity index (χ2v) is 5.16. The van der Waals surface area contributed by atoms with Gasteiger partial charge in [0.25, 0.3) is 0 Å². The van der Waals surface area contributed by atoms with E-state index < -0.39 is 0 Å². The van der Waals surface area contributed by atoms with E-state index in [9.17, 15) is 0 Å². The number of nitrogens with zero attached hydrogens (tertiary/aromatic N) is 1. The molecule has 1 unspecified atom stereocenters. The normalized spacial score (nSPS) is 21.9. The number of aliphatic imine (C=N–C) groups is 1. The molecule has 2 heteroatoms. The van der Waals surface area contributed by atoms with E-state index in [4.69, 9.17) is 0 Å². The van der Waals surface area contributed by atoms with Crippen molar-refractivity contribution in [1.29, 1.82) is 0 Å². The van der Waals surface area contributed by atoms with Crippen molar-refractivity contribution >= 4 is 22.1 Å². The van der Waals surface area contributed by atoms with E-state index in [1.165, 1.54) is 43.4 Å². The third-order valence-corrected chi connectivity index (χ3v) is 3.64. The highest BCUT2D eigenvalue weighted by atomic mass is 79.9. The lowest BCUT2D eigenvalue weighted by molar-refractivity contribution is 0.589. The highest BCUT2D eigenvalue weighted by Crippen LogP contribution is 2.27. The fraction of sp³-hybridized carbons (Fsp3) is 0.500. The lowest BCUT2D eigenvalue weighted by Gasteiger charge is -2.13. The van der Waals surface area contributed by atoms with Gasteiger partial charge < -0.3 is 0 Å². The zero-order valence-electron chi connectivity index (χ0n) is 9.53. The van der Waals surface area contributed by atoms with Crippen molar-refractivity contribution in [2.75, 3.05) is 5.33 Å². The highest BCUT2D eigenvalue weighted by molar-refractivity contribution is 9.09. The molecule has 0 bridgehead atoms. The van der Waals surface area contributed by atoms with Gasteiger partial charge in [0, 0.05) is 17.1 Å². The summed E-state index contributed by atoms with van der Waals surface area (Å²) in [6.45, 7) is 0. The van der Waals surface area contributed by atoms with E-state index in [-0.39, 0.29) is 0 Å².